The standard InChI is InChI=1S/C9H18O.C4H10O3/c1-3-5-7-9(10)8-6-4-2;5-1-3-7-4-2-6/h3-8H2,1-2H3;5-6H,1-4H2. The van der Waals surface area contributed by atoms with Crippen LogP contribution in [0.3, 0.4) is 0 Å². The molecule has 0 amide bonds. The maximum absolute atomic E-state index is 11.0. The van der Waals surface area contributed by atoms with Gasteiger partial charge in [0.15, 0.2) is 0 Å². The van der Waals surface area contributed by atoms with Gasteiger partial charge in [-0.15, -0.1) is 0 Å². The van der Waals surface area contributed by atoms with Gasteiger partial charge in [-0.05, 0) is 12.8 Å². The fraction of sp³-hybridized carbons (Fsp3) is 0.923. The quantitative estimate of drug-likeness (QED) is 0.580. The summed E-state index contributed by atoms with van der Waals surface area (Å²) in [6.45, 7) is 4.93. The lowest BCUT2D eigenvalue weighted by molar-refractivity contribution is -0.119. The van der Waals surface area contributed by atoms with Crippen molar-refractivity contribution in [1.82, 2.24) is 0 Å². The Morgan fingerprint density at radius 2 is 1.35 bits per heavy atom. The highest BCUT2D eigenvalue weighted by Gasteiger charge is 1.98. The van der Waals surface area contributed by atoms with Crippen molar-refractivity contribution in [3.8, 4) is 0 Å². The largest absolute Gasteiger partial charge is 0.394 e. The van der Waals surface area contributed by atoms with Crippen molar-refractivity contribution in [2.45, 2.75) is 52.4 Å². The van der Waals surface area contributed by atoms with Crippen LogP contribution in [0, 0.1) is 0 Å². The van der Waals surface area contributed by atoms with Crippen LogP contribution in [-0.2, 0) is 9.53 Å². The van der Waals surface area contributed by atoms with E-state index in [4.69, 9.17) is 10.2 Å². The van der Waals surface area contributed by atoms with Crippen LogP contribution in [0.1, 0.15) is 52.4 Å². The molecule has 104 valence electrons. The van der Waals surface area contributed by atoms with Gasteiger partial charge in [0.1, 0.15) is 5.78 Å². The number of carbonyl (C=O) groups is 1. The molecule has 0 aliphatic rings. The van der Waals surface area contributed by atoms with E-state index in [0.717, 1.165) is 38.5 Å². The molecular weight excluding hydrogens is 220 g/mol. The summed E-state index contributed by atoms with van der Waals surface area (Å²) in [6.07, 6.45) is 6.02. The molecule has 0 aromatic rings. The minimum absolute atomic E-state index is 0.0278. The molecule has 0 aromatic heterocycles. The number of Topliss-reactive ketones (excluding diaryl/α,β-unsaturated/α-hetero) is 1. The molecule has 17 heavy (non-hydrogen) atoms. The zero-order valence-corrected chi connectivity index (χ0v) is 11.3. The Morgan fingerprint density at radius 1 is 0.941 bits per heavy atom. The van der Waals surface area contributed by atoms with Gasteiger partial charge in [0.05, 0.1) is 26.4 Å². The molecular formula is C13H28O4. The van der Waals surface area contributed by atoms with Crippen molar-refractivity contribution < 1.29 is 19.7 Å². The average Bonchev–Trinajstić information content (AvgIpc) is 2.35. The van der Waals surface area contributed by atoms with Crippen LogP contribution in [0.2, 0.25) is 0 Å². The zero-order chi connectivity index (χ0) is 13.4. The van der Waals surface area contributed by atoms with Crippen molar-refractivity contribution in [1.29, 1.82) is 0 Å². The maximum Gasteiger partial charge on any atom is 0.132 e. The van der Waals surface area contributed by atoms with Gasteiger partial charge in [0, 0.05) is 12.8 Å². The van der Waals surface area contributed by atoms with Crippen molar-refractivity contribution in [3.63, 3.8) is 0 Å². The van der Waals surface area contributed by atoms with E-state index < -0.39 is 0 Å². The Morgan fingerprint density at radius 3 is 1.65 bits per heavy atom. The second kappa shape index (κ2) is 17.9. The van der Waals surface area contributed by atoms with Crippen LogP contribution in [-0.4, -0.2) is 42.4 Å². The molecule has 0 rings (SSSR count). The number of hydrogen-bond acceptors (Lipinski definition) is 4. The number of aliphatic hydroxyl groups is 2. The second-order valence-electron chi connectivity index (χ2n) is 3.81. The van der Waals surface area contributed by atoms with E-state index in [0.29, 0.717) is 19.0 Å². The smallest absolute Gasteiger partial charge is 0.132 e. The summed E-state index contributed by atoms with van der Waals surface area (Å²) in [7, 11) is 0. The number of rotatable bonds is 10. The van der Waals surface area contributed by atoms with Crippen molar-refractivity contribution >= 4 is 5.78 Å². The van der Waals surface area contributed by atoms with Gasteiger partial charge >= 0.3 is 0 Å². The fourth-order valence-corrected chi connectivity index (χ4v) is 1.10. The Hall–Kier alpha value is -0.450. The Balaban J connectivity index is 0. The average molecular weight is 248 g/mol. The third-order valence-electron chi connectivity index (χ3n) is 2.09. The Kier molecular flexibility index (Phi) is 19.9. The number of aliphatic hydroxyl groups excluding tert-OH is 2. The van der Waals surface area contributed by atoms with Crippen LogP contribution < -0.4 is 0 Å². The number of hydrogen-bond donors (Lipinski definition) is 2. The predicted molar refractivity (Wildman–Crippen MR) is 69.0 cm³/mol. The number of carbonyl (C=O) groups excluding carboxylic acids is 1. The summed E-state index contributed by atoms with van der Waals surface area (Å²) in [5.74, 6) is 0.448. The molecule has 0 aliphatic carbocycles. The molecule has 0 heterocycles. The van der Waals surface area contributed by atoms with Gasteiger partial charge in [0.25, 0.3) is 0 Å². The van der Waals surface area contributed by atoms with Crippen LogP contribution in [0.15, 0.2) is 0 Å². The number of unbranched alkanes of at least 4 members (excludes halogenated alkanes) is 2. The highest BCUT2D eigenvalue weighted by molar-refractivity contribution is 5.78. The molecule has 0 aromatic carbocycles. The SMILES string of the molecule is CCCCC(=O)CCCC.OCCOCCO. The Labute approximate surface area is 105 Å². The molecule has 0 saturated heterocycles. The summed E-state index contributed by atoms with van der Waals surface area (Å²) < 4.78 is 4.63. The van der Waals surface area contributed by atoms with E-state index in [1.54, 1.807) is 0 Å². The normalized spacial score (nSPS) is 9.65. The summed E-state index contributed by atoms with van der Waals surface area (Å²) in [5.41, 5.74) is 0. The molecule has 0 saturated carbocycles. The van der Waals surface area contributed by atoms with E-state index in [9.17, 15) is 4.79 Å². The van der Waals surface area contributed by atoms with Gasteiger partial charge in [-0.25, -0.2) is 0 Å². The van der Waals surface area contributed by atoms with Crippen LogP contribution >= 0.6 is 0 Å². The predicted octanol–water partition coefficient (Wildman–Crippen LogP) is 1.92. The molecule has 4 heteroatoms. The van der Waals surface area contributed by atoms with E-state index in [1.165, 1.54) is 0 Å². The van der Waals surface area contributed by atoms with Crippen LogP contribution in [0.25, 0.3) is 0 Å². The van der Waals surface area contributed by atoms with Crippen LogP contribution in [0.5, 0.6) is 0 Å². The van der Waals surface area contributed by atoms with Crippen molar-refractivity contribution in [3.05, 3.63) is 0 Å². The van der Waals surface area contributed by atoms with Gasteiger partial charge in [-0.2, -0.15) is 0 Å². The summed E-state index contributed by atoms with van der Waals surface area (Å²) in [5, 5.41) is 16.2. The Bertz CT molecular complexity index is 134. The van der Waals surface area contributed by atoms with Crippen LogP contribution in [0.4, 0.5) is 0 Å². The van der Waals surface area contributed by atoms with E-state index in [-0.39, 0.29) is 13.2 Å². The zero-order valence-electron chi connectivity index (χ0n) is 11.3. The topological polar surface area (TPSA) is 66.8 Å². The lowest BCUT2D eigenvalue weighted by atomic mass is 10.1. The van der Waals surface area contributed by atoms with Gasteiger partial charge in [0.2, 0.25) is 0 Å². The molecule has 0 spiro atoms. The van der Waals surface area contributed by atoms with Crippen molar-refractivity contribution in [2.24, 2.45) is 0 Å². The van der Waals surface area contributed by atoms with E-state index in [2.05, 4.69) is 18.6 Å². The highest BCUT2D eigenvalue weighted by Crippen LogP contribution is 2.02. The van der Waals surface area contributed by atoms with E-state index in [1.807, 2.05) is 0 Å². The minimum atomic E-state index is 0.0278. The molecule has 0 fully saturated rings. The molecule has 2 N–H and O–H groups in total. The van der Waals surface area contributed by atoms with Gasteiger partial charge in [-0.3, -0.25) is 4.79 Å². The van der Waals surface area contributed by atoms with Gasteiger partial charge in [-0.1, -0.05) is 26.7 Å². The minimum Gasteiger partial charge on any atom is -0.394 e. The van der Waals surface area contributed by atoms with E-state index >= 15 is 0 Å². The molecule has 0 unspecified atom stereocenters. The second-order valence-corrected chi connectivity index (χ2v) is 3.81. The third-order valence-corrected chi connectivity index (χ3v) is 2.09. The monoisotopic (exact) mass is 248 g/mol. The third kappa shape index (κ3) is 21.4. The first-order valence-corrected chi connectivity index (χ1v) is 6.54. The highest BCUT2D eigenvalue weighted by atomic mass is 16.5. The fourth-order valence-electron chi connectivity index (χ4n) is 1.10. The lowest BCUT2D eigenvalue weighted by Gasteiger charge is -1.96. The summed E-state index contributed by atoms with van der Waals surface area (Å²) >= 11 is 0. The summed E-state index contributed by atoms with van der Waals surface area (Å²) in [6, 6.07) is 0. The lowest BCUT2D eigenvalue weighted by Crippen LogP contribution is -2.03. The molecule has 0 bridgehead atoms. The molecule has 0 aliphatic heterocycles. The molecule has 0 atom stereocenters. The summed E-state index contributed by atoms with van der Waals surface area (Å²) in [4.78, 5) is 11.0. The molecule has 4 nitrogen and oxygen atoms in total. The number of ether oxygens (including phenoxy) is 1. The first-order valence-electron chi connectivity index (χ1n) is 6.54. The van der Waals surface area contributed by atoms with Crippen molar-refractivity contribution in [2.75, 3.05) is 26.4 Å². The maximum atomic E-state index is 11.0. The molecule has 0 radical (unpaired) electrons. The number of ketones is 1. The first-order chi connectivity index (χ1) is 8.22. The first kappa shape index (κ1) is 18.9. The van der Waals surface area contributed by atoms with Gasteiger partial charge < -0.3 is 14.9 Å².